The van der Waals surface area contributed by atoms with Crippen LogP contribution in [0.1, 0.15) is 127 Å². The van der Waals surface area contributed by atoms with Crippen LogP contribution in [0, 0.1) is 17.2 Å². The molecule has 0 spiro atoms. The highest BCUT2D eigenvalue weighted by Crippen LogP contribution is 2.38. The van der Waals surface area contributed by atoms with Gasteiger partial charge < -0.3 is 4.74 Å². The van der Waals surface area contributed by atoms with Crippen LogP contribution in [0.25, 0.3) is 11.3 Å². The van der Waals surface area contributed by atoms with Crippen LogP contribution in [-0.2, 0) is 0 Å². The van der Waals surface area contributed by atoms with E-state index in [1.165, 1.54) is 89.0 Å². The largest absolute Gasteiger partial charge is 0.491 e. The molecule has 0 atom stereocenters. The van der Waals surface area contributed by atoms with Crippen LogP contribution in [0.5, 0.6) is 5.75 Å². The highest BCUT2D eigenvalue weighted by molar-refractivity contribution is 5.61. The zero-order chi connectivity index (χ0) is 24.7. The van der Waals surface area contributed by atoms with Crippen molar-refractivity contribution in [1.29, 1.82) is 5.26 Å². The van der Waals surface area contributed by atoms with Gasteiger partial charge in [-0.1, -0.05) is 102 Å². The van der Waals surface area contributed by atoms with Crippen molar-refractivity contribution in [2.24, 2.45) is 5.92 Å². The summed E-state index contributed by atoms with van der Waals surface area (Å²) in [5.74, 6) is 2.23. The first kappa shape index (κ1) is 27.3. The van der Waals surface area contributed by atoms with E-state index in [2.05, 4.69) is 49.2 Å². The molecule has 0 N–H and O–H groups in total. The number of nitriles is 1. The van der Waals surface area contributed by atoms with Gasteiger partial charge in [-0.3, -0.25) is 0 Å². The molecular formula is C32H46N2O. The van der Waals surface area contributed by atoms with Gasteiger partial charge in [0.2, 0.25) is 0 Å². The molecule has 0 bridgehead atoms. The minimum Gasteiger partial charge on any atom is -0.491 e. The average molecular weight is 475 g/mol. The predicted octanol–water partition coefficient (Wildman–Crippen LogP) is 9.60. The number of hydrogen-bond donors (Lipinski definition) is 0. The minimum absolute atomic E-state index is 0.380. The van der Waals surface area contributed by atoms with Crippen LogP contribution in [0.15, 0.2) is 36.4 Å². The van der Waals surface area contributed by atoms with E-state index in [-0.39, 0.29) is 0 Å². The third kappa shape index (κ3) is 8.99. The molecule has 35 heavy (non-hydrogen) atoms. The Morgan fingerprint density at radius 3 is 2.14 bits per heavy atom. The molecule has 3 nitrogen and oxygen atoms in total. The number of aromatic nitrogens is 1. The summed E-state index contributed by atoms with van der Waals surface area (Å²) < 4.78 is 5.83. The van der Waals surface area contributed by atoms with Crippen molar-refractivity contribution in [3.63, 3.8) is 0 Å². The van der Waals surface area contributed by atoms with Gasteiger partial charge in [-0.05, 0) is 61.6 Å². The fourth-order valence-electron chi connectivity index (χ4n) is 5.44. The first-order chi connectivity index (χ1) is 17.2. The highest BCUT2D eigenvalue weighted by Gasteiger charge is 2.22. The van der Waals surface area contributed by atoms with Crippen LogP contribution >= 0.6 is 0 Å². The first-order valence-corrected chi connectivity index (χ1v) is 14.4. The molecule has 3 rings (SSSR count). The van der Waals surface area contributed by atoms with Gasteiger partial charge in [0.05, 0.1) is 12.3 Å². The second-order valence-electron chi connectivity index (χ2n) is 10.5. The SMILES string of the molecule is CCCCCCCCC1CCC(c2ccc(-c3ccc(OCCCCCC)c(C#N)n3)cc2)CC1. The molecule has 190 valence electrons. The molecule has 1 aromatic heterocycles. The van der Waals surface area contributed by atoms with Gasteiger partial charge in [-0.25, -0.2) is 4.98 Å². The second kappa shape index (κ2) is 15.6. The van der Waals surface area contributed by atoms with Crippen molar-refractivity contribution in [2.45, 2.75) is 116 Å². The molecule has 0 aliphatic heterocycles. The number of benzene rings is 1. The maximum atomic E-state index is 9.58. The number of hydrogen-bond acceptors (Lipinski definition) is 3. The van der Waals surface area contributed by atoms with Crippen LogP contribution in [0.2, 0.25) is 0 Å². The zero-order valence-corrected chi connectivity index (χ0v) is 22.2. The molecule has 1 aliphatic rings. The van der Waals surface area contributed by atoms with Crippen molar-refractivity contribution in [1.82, 2.24) is 4.98 Å². The lowest BCUT2D eigenvalue weighted by molar-refractivity contribution is 0.302. The van der Waals surface area contributed by atoms with Gasteiger partial charge in [-0.2, -0.15) is 5.26 Å². The van der Waals surface area contributed by atoms with Crippen LogP contribution < -0.4 is 4.74 Å². The van der Waals surface area contributed by atoms with Crippen molar-refractivity contribution >= 4 is 0 Å². The Morgan fingerprint density at radius 1 is 0.800 bits per heavy atom. The maximum absolute atomic E-state index is 9.58. The fraction of sp³-hybridized carbons (Fsp3) is 0.625. The third-order valence-corrected chi connectivity index (χ3v) is 7.71. The minimum atomic E-state index is 0.380. The number of pyridine rings is 1. The fourth-order valence-corrected chi connectivity index (χ4v) is 5.44. The van der Waals surface area contributed by atoms with Crippen molar-refractivity contribution in [2.75, 3.05) is 6.61 Å². The van der Waals surface area contributed by atoms with Gasteiger partial charge in [-0.15, -0.1) is 0 Å². The number of nitrogens with zero attached hydrogens (tertiary/aromatic N) is 2. The van der Waals surface area contributed by atoms with Crippen LogP contribution in [-0.4, -0.2) is 11.6 Å². The molecule has 1 aromatic carbocycles. The van der Waals surface area contributed by atoms with Crippen LogP contribution in [0.3, 0.4) is 0 Å². The second-order valence-corrected chi connectivity index (χ2v) is 10.5. The number of unbranched alkanes of at least 4 members (excludes halogenated alkanes) is 8. The third-order valence-electron chi connectivity index (χ3n) is 7.71. The molecule has 3 heteroatoms. The quantitative estimate of drug-likeness (QED) is 0.241. The lowest BCUT2D eigenvalue weighted by Crippen LogP contribution is -2.13. The summed E-state index contributed by atoms with van der Waals surface area (Å²) in [6.07, 6.45) is 19.9. The maximum Gasteiger partial charge on any atom is 0.183 e. The van der Waals surface area contributed by atoms with E-state index in [1.54, 1.807) is 0 Å². The summed E-state index contributed by atoms with van der Waals surface area (Å²) in [5.41, 5.74) is 3.75. The Bertz CT molecular complexity index is 891. The molecule has 0 amide bonds. The van der Waals surface area contributed by atoms with Crippen LogP contribution in [0.4, 0.5) is 0 Å². The summed E-state index contributed by atoms with van der Waals surface area (Å²) in [6, 6.07) is 15.0. The van der Waals surface area contributed by atoms with Gasteiger partial charge in [0.1, 0.15) is 6.07 Å². The average Bonchev–Trinajstić information content (AvgIpc) is 2.91. The van der Waals surface area contributed by atoms with Crippen molar-refractivity contribution in [3.05, 3.63) is 47.7 Å². The van der Waals surface area contributed by atoms with Crippen molar-refractivity contribution in [3.8, 4) is 23.1 Å². The molecule has 2 aromatic rings. The van der Waals surface area contributed by atoms with E-state index < -0.39 is 0 Å². The summed E-state index contributed by atoms with van der Waals surface area (Å²) in [4.78, 5) is 4.59. The Labute approximate surface area is 214 Å². The monoisotopic (exact) mass is 474 g/mol. The van der Waals surface area contributed by atoms with Gasteiger partial charge >= 0.3 is 0 Å². The standard InChI is InChI=1S/C32H46N2O/c1-3-5-7-9-10-11-13-26-14-16-27(17-15-26)28-18-20-29(21-19-28)30-22-23-32(31(25-33)34-30)35-24-12-8-6-4-2/h18-23,26-27H,3-17,24H2,1-2H3. The molecular weight excluding hydrogens is 428 g/mol. The Hall–Kier alpha value is -2.34. The Kier molecular flexibility index (Phi) is 12.2. The Balaban J connectivity index is 1.47. The first-order valence-electron chi connectivity index (χ1n) is 14.4. The van der Waals surface area contributed by atoms with Gasteiger partial charge in [0, 0.05) is 5.56 Å². The number of rotatable bonds is 15. The molecule has 1 aliphatic carbocycles. The smallest absolute Gasteiger partial charge is 0.183 e. The topological polar surface area (TPSA) is 45.9 Å². The molecule has 1 heterocycles. The Morgan fingerprint density at radius 2 is 1.46 bits per heavy atom. The van der Waals surface area contributed by atoms with Crippen molar-refractivity contribution < 1.29 is 4.74 Å². The van der Waals surface area contributed by atoms with E-state index in [4.69, 9.17) is 4.74 Å². The molecule has 1 fully saturated rings. The molecule has 0 unspecified atom stereocenters. The van der Waals surface area contributed by atoms with E-state index in [0.29, 0.717) is 24.0 Å². The molecule has 1 saturated carbocycles. The van der Waals surface area contributed by atoms with Gasteiger partial charge in [0.15, 0.2) is 11.4 Å². The van der Waals surface area contributed by atoms with E-state index in [1.807, 2.05) is 12.1 Å². The molecule has 0 saturated heterocycles. The summed E-state index contributed by atoms with van der Waals surface area (Å²) in [7, 11) is 0. The van der Waals surface area contributed by atoms with Gasteiger partial charge in [0.25, 0.3) is 0 Å². The van der Waals surface area contributed by atoms with E-state index in [0.717, 1.165) is 30.0 Å². The van der Waals surface area contributed by atoms with E-state index in [9.17, 15) is 5.26 Å². The lowest BCUT2D eigenvalue weighted by Gasteiger charge is -2.29. The van der Waals surface area contributed by atoms with E-state index >= 15 is 0 Å². The predicted molar refractivity (Wildman–Crippen MR) is 147 cm³/mol. The molecule has 0 radical (unpaired) electrons. The summed E-state index contributed by atoms with van der Waals surface area (Å²) in [5, 5.41) is 9.58. The highest BCUT2D eigenvalue weighted by atomic mass is 16.5. The lowest BCUT2D eigenvalue weighted by atomic mass is 9.77. The summed E-state index contributed by atoms with van der Waals surface area (Å²) in [6.45, 7) is 5.13. The zero-order valence-electron chi connectivity index (χ0n) is 22.2. The summed E-state index contributed by atoms with van der Waals surface area (Å²) >= 11 is 0. The number of ether oxygens (including phenoxy) is 1. The normalized spacial score (nSPS) is 17.7.